The summed E-state index contributed by atoms with van der Waals surface area (Å²) in [5.74, 6) is 0.00536. The van der Waals surface area contributed by atoms with Gasteiger partial charge >= 0.3 is 0 Å². The van der Waals surface area contributed by atoms with Crippen LogP contribution in [0.3, 0.4) is 0 Å². The minimum absolute atomic E-state index is 0.00536. The molecule has 0 spiro atoms. The lowest BCUT2D eigenvalue weighted by Gasteiger charge is -2.14. The van der Waals surface area contributed by atoms with Crippen LogP contribution in [0.4, 0.5) is 5.82 Å². The zero-order chi connectivity index (χ0) is 15.6. The van der Waals surface area contributed by atoms with Crippen molar-refractivity contribution >= 4 is 31.8 Å². The first-order chi connectivity index (χ1) is 9.83. The molecule has 0 saturated carbocycles. The Labute approximate surface area is 132 Å². The molecule has 0 amide bonds. The number of aromatic nitrogens is 2. The number of benzene rings is 1. The zero-order valence-corrected chi connectivity index (χ0v) is 14.1. The van der Waals surface area contributed by atoms with Gasteiger partial charge in [-0.05, 0) is 31.5 Å². The molecule has 1 unspecified atom stereocenters. The van der Waals surface area contributed by atoms with E-state index in [1.54, 1.807) is 6.92 Å². The minimum Gasteiger partial charge on any atom is -0.381 e. The largest absolute Gasteiger partial charge is 0.381 e. The van der Waals surface area contributed by atoms with Gasteiger partial charge in [-0.3, -0.25) is 4.68 Å². The lowest BCUT2D eigenvalue weighted by molar-refractivity contribution is 0.566. The van der Waals surface area contributed by atoms with Gasteiger partial charge in [-0.25, -0.2) is 13.1 Å². The average Bonchev–Trinajstić information content (AvgIpc) is 2.80. The second-order valence-electron chi connectivity index (χ2n) is 4.63. The van der Waals surface area contributed by atoms with E-state index in [4.69, 9.17) is 5.73 Å². The van der Waals surface area contributed by atoms with Crippen LogP contribution in [-0.2, 0) is 16.6 Å². The molecule has 114 valence electrons. The van der Waals surface area contributed by atoms with Crippen LogP contribution >= 0.6 is 15.9 Å². The third-order valence-electron chi connectivity index (χ3n) is 3.05. The maximum absolute atomic E-state index is 12.4. The monoisotopic (exact) mass is 372 g/mol. The van der Waals surface area contributed by atoms with Gasteiger partial charge in [0.25, 0.3) is 0 Å². The number of nitrogen functional groups attached to an aromatic ring is 1. The second kappa shape index (κ2) is 6.17. The average molecular weight is 373 g/mol. The molecule has 0 radical (unpaired) electrons. The standard InChI is InChI=1S/C13H17BrN4O2S/c1-3-18-8-12(13(15)16-18)21(19,20)17-9(2)10-5-4-6-11(14)7-10/h4-9,17H,3H2,1-2H3,(H2,15,16). The van der Waals surface area contributed by atoms with Crippen molar-refractivity contribution in [2.24, 2.45) is 0 Å². The molecule has 1 atom stereocenters. The highest BCUT2D eigenvalue weighted by molar-refractivity contribution is 9.10. The van der Waals surface area contributed by atoms with E-state index in [0.717, 1.165) is 10.0 Å². The topological polar surface area (TPSA) is 90.0 Å². The Kier molecular flexibility index (Phi) is 4.70. The number of nitrogens with one attached hydrogen (secondary N) is 1. The van der Waals surface area contributed by atoms with Crippen LogP contribution in [0, 0.1) is 0 Å². The summed E-state index contributed by atoms with van der Waals surface area (Å²) in [4.78, 5) is 0.00574. The van der Waals surface area contributed by atoms with Crippen molar-refractivity contribution in [1.82, 2.24) is 14.5 Å². The van der Waals surface area contributed by atoms with Gasteiger partial charge in [0.15, 0.2) is 5.82 Å². The van der Waals surface area contributed by atoms with Crippen LogP contribution in [0.15, 0.2) is 39.8 Å². The molecule has 0 fully saturated rings. The summed E-state index contributed by atoms with van der Waals surface area (Å²) in [7, 11) is -3.71. The molecule has 0 aliphatic carbocycles. The number of aryl methyl sites for hydroxylation is 1. The van der Waals surface area contributed by atoms with Crippen molar-refractivity contribution in [2.45, 2.75) is 31.3 Å². The second-order valence-corrected chi connectivity index (χ2v) is 7.23. The lowest BCUT2D eigenvalue weighted by atomic mass is 10.1. The van der Waals surface area contributed by atoms with Crippen LogP contribution in [0.25, 0.3) is 0 Å². The molecule has 0 aliphatic rings. The first kappa shape index (κ1) is 16.0. The van der Waals surface area contributed by atoms with E-state index in [1.807, 2.05) is 31.2 Å². The van der Waals surface area contributed by atoms with Crippen molar-refractivity contribution in [2.75, 3.05) is 5.73 Å². The van der Waals surface area contributed by atoms with Crippen molar-refractivity contribution in [3.8, 4) is 0 Å². The molecule has 0 aliphatic heterocycles. The summed E-state index contributed by atoms with van der Waals surface area (Å²) < 4.78 is 29.8. The number of anilines is 1. The highest BCUT2D eigenvalue weighted by Crippen LogP contribution is 2.22. The van der Waals surface area contributed by atoms with E-state index < -0.39 is 10.0 Å². The van der Waals surface area contributed by atoms with Crippen LogP contribution in [-0.4, -0.2) is 18.2 Å². The van der Waals surface area contributed by atoms with Crippen LogP contribution in [0.5, 0.6) is 0 Å². The SMILES string of the molecule is CCn1cc(S(=O)(=O)NC(C)c2cccc(Br)c2)c(N)n1. The first-order valence-electron chi connectivity index (χ1n) is 6.44. The van der Waals surface area contributed by atoms with Crippen LogP contribution < -0.4 is 10.5 Å². The van der Waals surface area contributed by atoms with E-state index in [1.165, 1.54) is 10.9 Å². The number of halogens is 1. The highest BCUT2D eigenvalue weighted by atomic mass is 79.9. The molecule has 8 heteroatoms. The number of hydrogen-bond donors (Lipinski definition) is 2. The summed E-state index contributed by atoms with van der Waals surface area (Å²) in [5, 5.41) is 3.96. The number of nitrogens with zero attached hydrogens (tertiary/aromatic N) is 2. The Bertz CT molecular complexity index is 742. The van der Waals surface area contributed by atoms with Gasteiger partial charge in [0.1, 0.15) is 4.90 Å². The van der Waals surface area contributed by atoms with Gasteiger partial charge in [-0.1, -0.05) is 28.1 Å². The molecule has 1 aromatic carbocycles. The lowest BCUT2D eigenvalue weighted by Crippen LogP contribution is -2.27. The van der Waals surface area contributed by atoms with Crippen molar-refractivity contribution in [1.29, 1.82) is 0 Å². The summed E-state index contributed by atoms with van der Waals surface area (Å²) in [5.41, 5.74) is 6.54. The van der Waals surface area contributed by atoms with Gasteiger partial charge in [0.05, 0.1) is 0 Å². The number of sulfonamides is 1. The summed E-state index contributed by atoms with van der Waals surface area (Å²) >= 11 is 3.37. The van der Waals surface area contributed by atoms with E-state index in [0.29, 0.717) is 6.54 Å². The molecule has 1 heterocycles. The van der Waals surface area contributed by atoms with E-state index in [-0.39, 0.29) is 16.8 Å². The zero-order valence-electron chi connectivity index (χ0n) is 11.7. The predicted molar refractivity (Wildman–Crippen MR) is 85.2 cm³/mol. The van der Waals surface area contributed by atoms with E-state index in [2.05, 4.69) is 25.8 Å². The van der Waals surface area contributed by atoms with E-state index >= 15 is 0 Å². The van der Waals surface area contributed by atoms with Crippen molar-refractivity contribution in [3.05, 3.63) is 40.5 Å². The summed E-state index contributed by atoms with van der Waals surface area (Å²) in [6.45, 7) is 4.20. The summed E-state index contributed by atoms with van der Waals surface area (Å²) in [6.07, 6.45) is 1.44. The number of rotatable bonds is 5. The molecule has 6 nitrogen and oxygen atoms in total. The number of nitrogens with two attached hydrogens (primary N) is 1. The summed E-state index contributed by atoms with van der Waals surface area (Å²) in [6, 6.07) is 7.08. The Balaban J connectivity index is 2.26. The number of hydrogen-bond acceptors (Lipinski definition) is 4. The molecule has 21 heavy (non-hydrogen) atoms. The highest BCUT2D eigenvalue weighted by Gasteiger charge is 2.23. The Morgan fingerprint density at radius 1 is 1.48 bits per heavy atom. The first-order valence-corrected chi connectivity index (χ1v) is 8.72. The van der Waals surface area contributed by atoms with Crippen molar-refractivity contribution < 1.29 is 8.42 Å². The molecular weight excluding hydrogens is 356 g/mol. The molecule has 3 N–H and O–H groups in total. The molecule has 0 saturated heterocycles. The van der Waals surface area contributed by atoms with Crippen molar-refractivity contribution in [3.63, 3.8) is 0 Å². The van der Waals surface area contributed by atoms with Crippen LogP contribution in [0.1, 0.15) is 25.5 Å². The van der Waals surface area contributed by atoms with Gasteiger partial charge in [0, 0.05) is 23.3 Å². The molecule has 2 rings (SSSR count). The fourth-order valence-electron chi connectivity index (χ4n) is 1.93. The predicted octanol–water partition coefficient (Wildman–Crippen LogP) is 2.29. The fourth-order valence-corrected chi connectivity index (χ4v) is 3.65. The third kappa shape index (κ3) is 3.63. The van der Waals surface area contributed by atoms with Gasteiger partial charge in [0.2, 0.25) is 10.0 Å². The Morgan fingerprint density at radius 2 is 2.19 bits per heavy atom. The molecule has 2 aromatic rings. The van der Waals surface area contributed by atoms with Gasteiger partial charge in [-0.2, -0.15) is 5.10 Å². The Morgan fingerprint density at radius 3 is 2.76 bits per heavy atom. The van der Waals surface area contributed by atoms with E-state index in [9.17, 15) is 8.42 Å². The Hall–Kier alpha value is -1.38. The normalized spacial score (nSPS) is 13.3. The third-order valence-corrected chi connectivity index (χ3v) is 5.10. The van der Waals surface area contributed by atoms with Gasteiger partial charge in [-0.15, -0.1) is 0 Å². The van der Waals surface area contributed by atoms with Crippen LogP contribution in [0.2, 0.25) is 0 Å². The molecule has 1 aromatic heterocycles. The quantitative estimate of drug-likeness (QED) is 0.842. The smallest absolute Gasteiger partial charge is 0.246 e. The molecule has 0 bridgehead atoms. The maximum Gasteiger partial charge on any atom is 0.246 e. The molecular formula is C13H17BrN4O2S. The van der Waals surface area contributed by atoms with Gasteiger partial charge < -0.3 is 5.73 Å². The fraction of sp³-hybridized carbons (Fsp3) is 0.308. The minimum atomic E-state index is -3.71. The maximum atomic E-state index is 12.4.